The van der Waals surface area contributed by atoms with Crippen LogP contribution in [0.2, 0.25) is 0 Å². The molecule has 0 heterocycles. The van der Waals surface area contributed by atoms with Crippen molar-refractivity contribution in [2.24, 2.45) is 0 Å². The van der Waals surface area contributed by atoms with Gasteiger partial charge in [0.1, 0.15) is 6.23 Å². The highest BCUT2D eigenvalue weighted by Crippen LogP contribution is 2.29. The lowest BCUT2D eigenvalue weighted by Gasteiger charge is -2.29. The van der Waals surface area contributed by atoms with E-state index in [4.69, 9.17) is 14.2 Å². The monoisotopic (exact) mass is 893 g/mol. The second-order valence-corrected chi connectivity index (χ2v) is 18.0. The number of carbonyl (C=O) groups is 2. The summed E-state index contributed by atoms with van der Waals surface area (Å²) < 4.78 is 92.4. The van der Waals surface area contributed by atoms with Crippen LogP contribution in [0, 0.1) is 29.1 Å². The highest BCUT2D eigenvalue weighted by Gasteiger charge is 2.31. The molecule has 1 aromatic rings. The van der Waals surface area contributed by atoms with Crippen molar-refractivity contribution in [3.63, 3.8) is 0 Å². The Morgan fingerprint density at radius 2 is 0.952 bits per heavy atom. The molecule has 0 fully saturated rings. The molecule has 1 aromatic carbocycles. The van der Waals surface area contributed by atoms with E-state index in [1.54, 1.807) is 27.7 Å². The molecular weight excluding hydrogens is 808 g/mol. The second kappa shape index (κ2) is 35.9. The van der Waals surface area contributed by atoms with Gasteiger partial charge in [-0.25, -0.2) is 13.2 Å². The second-order valence-electron chi connectivity index (χ2n) is 18.0. The Balaban J connectivity index is 2.70. The van der Waals surface area contributed by atoms with Crippen molar-refractivity contribution in [1.29, 1.82) is 0 Å². The van der Waals surface area contributed by atoms with Crippen molar-refractivity contribution < 1.29 is 50.5 Å². The van der Waals surface area contributed by atoms with Gasteiger partial charge in [-0.2, -0.15) is 8.78 Å². The molecule has 0 aliphatic rings. The van der Waals surface area contributed by atoms with Crippen LogP contribution >= 0.6 is 0 Å². The van der Waals surface area contributed by atoms with Crippen molar-refractivity contribution in [3.05, 3.63) is 29.1 Å². The molecule has 8 nitrogen and oxygen atoms in total. The van der Waals surface area contributed by atoms with E-state index in [9.17, 15) is 31.5 Å². The molecular formula is C49H85F5N2O6. The molecule has 362 valence electrons. The average molecular weight is 893 g/mol. The van der Waals surface area contributed by atoms with Crippen molar-refractivity contribution >= 4 is 11.9 Å². The third-order valence-electron chi connectivity index (χ3n) is 10.8. The molecule has 0 saturated heterocycles. The lowest BCUT2D eigenvalue weighted by Crippen LogP contribution is -2.52. The molecule has 0 aromatic heterocycles. The van der Waals surface area contributed by atoms with Gasteiger partial charge in [0.15, 0.2) is 0 Å². The zero-order valence-electron chi connectivity index (χ0n) is 39.5. The number of hydrogen-bond acceptors (Lipinski definition) is 7. The summed E-state index contributed by atoms with van der Waals surface area (Å²) in [6, 6.07) is -1.37. The highest BCUT2D eigenvalue weighted by atomic mass is 19.2. The predicted molar refractivity (Wildman–Crippen MR) is 239 cm³/mol. The maximum atomic E-state index is 14.3. The number of ether oxygens (including phenoxy) is 4. The molecule has 3 atom stereocenters. The SMILES string of the molecule is CCCCCCCCCCCCCCCCCCOCC(CNC(=O)C(CC(=O)Oc1c(F)c(F)c(F)c(F)c1F)NC(C)OC(C)(C)C)OCCCCCCCCCCCC. The normalized spacial score (nSPS) is 13.3. The first-order chi connectivity index (χ1) is 29.7. The summed E-state index contributed by atoms with van der Waals surface area (Å²) in [6.45, 7) is 12.7. The van der Waals surface area contributed by atoms with E-state index in [-0.39, 0.29) is 13.2 Å². The van der Waals surface area contributed by atoms with Gasteiger partial charge in [0.25, 0.3) is 0 Å². The minimum Gasteiger partial charge on any atom is -0.420 e. The molecule has 0 aliphatic heterocycles. The Kier molecular flexibility index (Phi) is 33.4. The van der Waals surface area contributed by atoms with Crippen molar-refractivity contribution in [1.82, 2.24) is 10.6 Å². The maximum absolute atomic E-state index is 14.3. The number of nitrogens with one attached hydrogen (secondary N) is 2. The number of amides is 1. The summed E-state index contributed by atoms with van der Waals surface area (Å²) in [7, 11) is 0. The van der Waals surface area contributed by atoms with Crippen LogP contribution in [0.25, 0.3) is 0 Å². The first kappa shape index (κ1) is 57.7. The van der Waals surface area contributed by atoms with Crippen LogP contribution < -0.4 is 15.4 Å². The van der Waals surface area contributed by atoms with Crippen molar-refractivity contribution in [2.75, 3.05) is 26.4 Å². The molecule has 1 rings (SSSR count). The van der Waals surface area contributed by atoms with E-state index >= 15 is 0 Å². The molecule has 0 saturated carbocycles. The van der Waals surface area contributed by atoms with Gasteiger partial charge in [0.05, 0.1) is 30.8 Å². The summed E-state index contributed by atoms with van der Waals surface area (Å²) in [5.74, 6) is -15.3. The number of carbonyl (C=O) groups excluding carboxylic acids is 2. The number of halogens is 5. The standard InChI is InChI=1S/C49H85F5N2O6/c1-7-9-11-13-15-17-19-20-21-22-23-24-25-27-29-31-33-59-37-39(60-34-32-30-28-26-18-16-14-12-10-8-2)36-55-48(58)40(56-38(3)62-49(4,5)6)35-41(57)61-47-45(53)43(51)42(50)44(52)46(47)54/h38-40,56H,7-37H2,1-6H3,(H,55,58). The third kappa shape index (κ3) is 28.4. The number of rotatable bonds is 40. The maximum Gasteiger partial charge on any atom is 0.313 e. The van der Waals surface area contributed by atoms with Crippen LogP contribution in [0.1, 0.15) is 215 Å². The molecule has 1 amide bonds. The topological polar surface area (TPSA) is 95.1 Å². The number of benzene rings is 1. The van der Waals surface area contributed by atoms with Crippen LogP contribution in [-0.2, 0) is 23.8 Å². The highest BCUT2D eigenvalue weighted by molar-refractivity contribution is 5.87. The molecule has 62 heavy (non-hydrogen) atoms. The van der Waals surface area contributed by atoms with E-state index in [0.717, 1.165) is 38.5 Å². The smallest absolute Gasteiger partial charge is 0.313 e. The van der Waals surface area contributed by atoms with E-state index in [1.165, 1.54) is 128 Å². The third-order valence-corrected chi connectivity index (χ3v) is 10.8. The summed E-state index contributed by atoms with van der Waals surface area (Å²) in [5, 5.41) is 5.65. The Morgan fingerprint density at radius 1 is 0.565 bits per heavy atom. The lowest BCUT2D eigenvalue weighted by molar-refractivity contribution is -0.139. The van der Waals surface area contributed by atoms with Gasteiger partial charge in [-0.1, -0.05) is 168 Å². The fourth-order valence-electron chi connectivity index (χ4n) is 7.38. The first-order valence-corrected chi connectivity index (χ1v) is 24.3. The molecule has 2 N–H and O–H groups in total. The zero-order valence-corrected chi connectivity index (χ0v) is 39.5. The number of esters is 1. The lowest BCUT2D eigenvalue weighted by atomic mass is 10.0. The van der Waals surface area contributed by atoms with E-state index < -0.39 is 77.1 Å². The molecule has 0 bridgehead atoms. The van der Waals surface area contributed by atoms with E-state index in [1.807, 2.05) is 0 Å². The number of hydrogen-bond donors (Lipinski definition) is 2. The van der Waals surface area contributed by atoms with E-state index in [0.29, 0.717) is 13.2 Å². The summed E-state index contributed by atoms with van der Waals surface area (Å²) >= 11 is 0. The van der Waals surface area contributed by atoms with E-state index in [2.05, 4.69) is 29.2 Å². The summed E-state index contributed by atoms with van der Waals surface area (Å²) in [6.07, 6.45) is 30.2. The van der Waals surface area contributed by atoms with Crippen molar-refractivity contribution in [3.8, 4) is 5.75 Å². The van der Waals surface area contributed by atoms with Crippen LogP contribution in [0.3, 0.4) is 0 Å². The summed E-state index contributed by atoms with van der Waals surface area (Å²) in [4.78, 5) is 26.4. The van der Waals surface area contributed by atoms with Crippen LogP contribution in [0.4, 0.5) is 22.0 Å². The first-order valence-electron chi connectivity index (χ1n) is 24.3. The Hall–Kier alpha value is -2.35. The molecule has 0 aliphatic carbocycles. The molecule has 0 spiro atoms. The minimum atomic E-state index is -2.38. The van der Waals surface area contributed by atoms with Gasteiger partial charge in [0.2, 0.25) is 40.7 Å². The Labute approximate surface area is 372 Å². The minimum absolute atomic E-state index is 0.0366. The largest absolute Gasteiger partial charge is 0.420 e. The Morgan fingerprint density at radius 3 is 1.37 bits per heavy atom. The zero-order chi connectivity index (χ0) is 46.0. The van der Waals surface area contributed by atoms with Crippen LogP contribution in [0.5, 0.6) is 5.75 Å². The fourth-order valence-corrected chi connectivity index (χ4v) is 7.38. The summed E-state index contributed by atoms with van der Waals surface area (Å²) in [5.41, 5.74) is -0.652. The van der Waals surface area contributed by atoms with Crippen molar-refractivity contribution in [2.45, 2.75) is 239 Å². The molecule has 3 unspecified atom stereocenters. The van der Waals surface area contributed by atoms with Crippen LogP contribution in [-0.4, -0.2) is 62.2 Å². The van der Waals surface area contributed by atoms with Gasteiger partial charge in [-0.3, -0.25) is 14.9 Å². The van der Waals surface area contributed by atoms with Gasteiger partial charge < -0.3 is 24.3 Å². The average Bonchev–Trinajstić information content (AvgIpc) is 3.22. The van der Waals surface area contributed by atoms with Gasteiger partial charge in [-0.05, 0) is 40.5 Å². The van der Waals surface area contributed by atoms with Crippen LogP contribution in [0.15, 0.2) is 0 Å². The van der Waals surface area contributed by atoms with Gasteiger partial charge >= 0.3 is 5.97 Å². The van der Waals surface area contributed by atoms with Gasteiger partial charge in [0, 0.05) is 19.8 Å². The predicted octanol–water partition coefficient (Wildman–Crippen LogP) is 13.5. The van der Waals surface area contributed by atoms with Gasteiger partial charge in [-0.15, -0.1) is 0 Å². The molecule has 0 radical (unpaired) electrons. The molecule has 13 heteroatoms. The Bertz CT molecular complexity index is 1290. The number of unbranched alkanes of at least 4 members (excludes halogenated alkanes) is 24. The quantitative estimate of drug-likeness (QED) is 0.0129. The fraction of sp³-hybridized carbons (Fsp3) is 0.837.